The van der Waals surface area contributed by atoms with Gasteiger partial charge in [0, 0.05) is 25.0 Å². The lowest BCUT2D eigenvalue weighted by Crippen LogP contribution is -2.02. The van der Waals surface area contributed by atoms with Gasteiger partial charge in [-0.15, -0.1) is 0 Å². The zero-order chi connectivity index (χ0) is 10.7. The molecule has 0 fully saturated rings. The summed E-state index contributed by atoms with van der Waals surface area (Å²) in [6.07, 6.45) is 3.43. The van der Waals surface area contributed by atoms with Gasteiger partial charge in [0.2, 0.25) is 5.95 Å². The van der Waals surface area contributed by atoms with Crippen molar-refractivity contribution in [1.29, 1.82) is 0 Å². The van der Waals surface area contributed by atoms with Crippen LogP contribution in [0.4, 0.5) is 5.95 Å². The van der Waals surface area contributed by atoms with Crippen molar-refractivity contribution in [3.8, 4) is 11.4 Å². The molecule has 1 N–H and O–H groups in total. The van der Waals surface area contributed by atoms with Gasteiger partial charge in [-0.05, 0) is 19.1 Å². The Morgan fingerprint density at radius 1 is 1.07 bits per heavy atom. The first-order chi connectivity index (χ1) is 7.29. The molecule has 76 valence electrons. The van der Waals surface area contributed by atoms with E-state index in [9.17, 15) is 0 Å². The van der Waals surface area contributed by atoms with Crippen molar-refractivity contribution >= 4 is 5.95 Å². The minimum Gasteiger partial charge on any atom is -0.357 e. The lowest BCUT2D eigenvalue weighted by Gasteiger charge is -2.03. The van der Waals surface area contributed by atoms with Gasteiger partial charge in [0.15, 0.2) is 5.82 Å². The van der Waals surface area contributed by atoms with E-state index in [0.29, 0.717) is 17.6 Å². The number of nitrogens with one attached hydrogen (secondary N) is 1. The molecule has 0 amide bonds. The van der Waals surface area contributed by atoms with Crippen molar-refractivity contribution in [2.45, 2.75) is 6.92 Å². The minimum absolute atomic E-state index is 0.578. The molecule has 2 heterocycles. The molecule has 0 radical (unpaired) electrons. The molecule has 0 atom stereocenters. The molecule has 0 aromatic carbocycles. The van der Waals surface area contributed by atoms with Crippen molar-refractivity contribution in [3.05, 3.63) is 30.4 Å². The van der Waals surface area contributed by atoms with E-state index in [-0.39, 0.29) is 0 Å². The second kappa shape index (κ2) is 4.00. The van der Waals surface area contributed by atoms with Gasteiger partial charge >= 0.3 is 0 Å². The summed E-state index contributed by atoms with van der Waals surface area (Å²) < 4.78 is 0. The van der Waals surface area contributed by atoms with Gasteiger partial charge in [0.25, 0.3) is 0 Å². The molecule has 0 saturated heterocycles. The summed E-state index contributed by atoms with van der Waals surface area (Å²) in [7, 11) is 1.78. The van der Waals surface area contributed by atoms with Crippen LogP contribution in [0.3, 0.4) is 0 Å². The summed E-state index contributed by atoms with van der Waals surface area (Å²) >= 11 is 0. The highest BCUT2D eigenvalue weighted by Crippen LogP contribution is 2.14. The second-order valence-electron chi connectivity index (χ2n) is 3.02. The van der Waals surface area contributed by atoms with E-state index in [1.54, 1.807) is 19.4 Å². The third-order valence-corrected chi connectivity index (χ3v) is 1.91. The van der Waals surface area contributed by atoms with Crippen LogP contribution in [0.15, 0.2) is 24.5 Å². The highest BCUT2D eigenvalue weighted by atomic mass is 15.1. The molecule has 0 aliphatic rings. The van der Waals surface area contributed by atoms with E-state index in [2.05, 4.69) is 25.3 Å². The van der Waals surface area contributed by atoms with Crippen LogP contribution in [0.5, 0.6) is 0 Å². The topological polar surface area (TPSA) is 63.6 Å². The van der Waals surface area contributed by atoms with Crippen LogP contribution in [0.1, 0.15) is 5.82 Å². The third-order valence-electron chi connectivity index (χ3n) is 1.91. The molecule has 15 heavy (non-hydrogen) atoms. The zero-order valence-electron chi connectivity index (χ0n) is 8.60. The fourth-order valence-corrected chi connectivity index (χ4v) is 1.22. The molecule has 2 rings (SSSR count). The maximum atomic E-state index is 4.26. The molecule has 0 aliphatic carbocycles. The number of nitrogens with zero attached hydrogens (tertiary/aromatic N) is 4. The summed E-state index contributed by atoms with van der Waals surface area (Å²) in [5.41, 5.74) is 0.937. The first-order valence-corrected chi connectivity index (χ1v) is 4.60. The van der Waals surface area contributed by atoms with Gasteiger partial charge in [0.1, 0.15) is 5.82 Å². The van der Waals surface area contributed by atoms with E-state index >= 15 is 0 Å². The lowest BCUT2D eigenvalue weighted by atomic mass is 10.2. The fraction of sp³-hybridized carbons (Fsp3) is 0.200. The molecule has 0 unspecified atom stereocenters. The van der Waals surface area contributed by atoms with Crippen molar-refractivity contribution in [1.82, 2.24) is 19.9 Å². The number of anilines is 1. The smallest absolute Gasteiger partial charge is 0.226 e. The molecular weight excluding hydrogens is 190 g/mol. The van der Waals surface area contributed by atoms with E-state index in [0.717, 1.165) is 5.56 Å². The Bertz CT molecular complexity index is 455. The average Bonchev–Trinajstić information content (AvgIpc) is 2.29. The Morgan fingerprint density at radius 2 is 1.80 bits per heavy atom. The van der Waals surface area contributed by atoms with E-state index < -0.39 is 0 Å². The highest BCUT2D eigenvalue weighted by Gasteiger charge is 2.04. The van der Waals surface area contributed by atoms with E-state index in [1.807, 2.05) is 19.1 Å². The number of hydrogen-bond donors (Lipinski definition) is 1. The number of aromatic nitrogens is 4. The van der Waals surface area contributed by atoms with Crippen LogP contribution in [0.25, 0.3) is 11.4 Å². The molecule has 5 heteroatoms. The number of rotatable bonds is 2. The Balaban J connectivity index is 2.49. The predicted molar refractivity (Wildman–Crippen MR) is 57.3 cm³/mol. The minimum atomic E-state index is 0.578. The van der Waals surface area contributed by atoms with Gasteiger partial charge < -0.3 is 5.32 Å². The van der Waals surface area contributed by atoms with Crippen LogP contribution in [-0.4, -0.2) is 27.0 Å². The summed E-state index contributed by atoms with van der Waals surface area (Å²) in [4.78, 5) is 16.6. The van der Waals surface area contributed by atoms with Gasteiger partial charge in [-0.1, -0.05) is 0 Å². The Morgan fingerprint density at radius 3 is 2.47 bits per heavy atom. The normalized spacial score (nSPS) is 10.0. The summed E-state index contributed by atoms with van der Waals surface area (Å²) in [5.74, 6) is 1.93. The molecule has 2 aromatic heterocycles. The molecular formula is C10H11N5. The lowest BCUT2D eigenvalue weighted by molar-refractivity contribution is 0.984. The Hall–Kier alpha value is -2.04. The molecule has 2 aromatic rings. The van der Waals surface area contributed by atoms with E-state index in [4.69, 9.17) is 0 Å². The average molecular weight is 201 g/mol. The molecule has 0 saturated carbocycles. The third kappa shape index (κ3) is 2.07. The van der Waals surface area contributed by atoms with Gasteiger partial charge in [-0.3, -0.25) is 4.98 Å². The second-order valence-corrected chi connectivity index (χ2v) is 3.02. The SMILES string of the molecule is CNc1nc(C)nc(-c2ccncc2)n1. The van der Waals surface area contributed by atoms with Gasteiger partial charge in [-0.25, -0.2) is 4.98 Å². The fourth-order valence-electron chi connectivity index (χ4n) is 1.22. The summed E-state index contributed by atoms with van der Waals surface area (Å²) in [6.45, 7) is 1.84. The van der Waals surface area contributed by atoms with Crippen LogP contribution in [0.2, 0.25) is 0 Å². The molecule has 0 aliphatic heterocycles. The number of aryl methyl sites for hydroxylation is 1. The standard InChI is InChI=1S/C10H11N5/c1-7-13-9(15-10(11-2)14-7)8-3-5-12-6-4-8/h3-6H,1-2H3,(H,11,13,14,15). The Labute approximate surface area is 87.6 Å². The van der Waals surface area contributed by atoms with Crippen molar-refractivity contribution in [3.63, 3.8) is 0 Å². The first kappa shape index (κ1) is 9.51. The molecule has 0 spiro atoms. The zero-order valence-corrected chi connectivity index (χ0v) is 8.60. The number of pyridine rings is 1. The van der Waals surface area contributed by atoms with Crippen LogP contribution in [-0.2, 0) is 0 Å². The largest absolute Gasteiger partial charge is 0.357 e. The summed E-state index contributed by atoms with van der Waals surface area (Å²) in [5, 5.41) is 2.90. The molecule has 0 bridgehead atoms. The maximum absolute atomic E-state index is 4.26. The summed E-state index contributed by atoms with van der Waals surface area (Å²) in [6, 6.07) is 3.74. The van der Waals surface area contributed by atoms with Crippen LogP contribution < -0.4 is 5.32 Å². The monoisotopic (exact) mass is 201 g/mol. The Kier molecular flexibility index (Phi) is 2.53. The quantitative estimate of drug-likeness (QED) is 0.793. The maximum Gasteiger partial charge on any atom is 0.226 e. The van der Waals surface area contributed by atoms with Crippen LogP contribution in [0, 0.1) is 6.92 Å². The predicted octanol–water partition coefficient (Wildman–Crippen LogP) is 1.28. The van der Waals surface area contributed by atoms with Crippen molar-refractivity contribution in [2.24, 2.45) is 0 Å². The first-order valence-electron chi connectivity index (χ1n) is 4.60. The van der Waals surface area contributed by atoms with Crippen molar-refractivity contribution in [2.75, 3.05) is 12.4 Å². The van der Waals surface area contributed by atoms with E-state index in [1.165, 1.54) is 0 Å². The van der Waals surface area contributed by atoms with Crippen LogP contribution >= 0.6 is 0 Å². The van der Waals surface area contributed by atoms with Gasteiger partial charge in [0.05, 0.1) is 0 Å². The van der Waals surface area contributed by atoms with Gasteiger partial charge in [-0.2, -0.15) is 9.97 Å². The highest BCUT2D eigenvalue weighted by molar-refractivity contribution is 5.54. The van der Waals surface area contributed by atoms with Crippen molar-refractivity contribution < 1.29 is 0 Å². The molecule has 5 nitrogen and oxygen atoms in total. The number of hydrogen-bond acceptors (Lipinski definition) is 5.